The molecule has 4 aromatic rings. The number of methoxy groups -OCH3 is 1. The van der Waals surface area contributed by atoms with Gasteiger partial charge in [-0.15, -0.1) is 0 Å². The molecule has 0 unspecified atom stereocenters. The fourth-order valence-electron chi connectivity index (χ4n) is 5.19. The summed E-state index contributed by atoms with van der Waals surface area (Å²) in [5.74, 6) is -6.24. The number of rotatable bonds is 15. The molecule has 0 aliphatic carbocycles. The van der Waals surface area contributed by atoms with Gasteiger partial charge in [-0.1, -0.05) is 24.3 Å². The molecule has 0 aliphatic rings. The van der Waals surface area contributed by atoms with Gasteiger partial charge in [0.05, 0.1) is 24.8 Å². The van der Waals surface area contributed by atoms with Gasteiger partial charge in [-0.2, -0.15) is 30.7 Å². The second-order valence-corrected chi connectivity index (χ2v) is 11.4. The number of nitrogens with one attached hydrogen (secondary N) is 1. The Balaban J connectivity index is 1.83. The maximum atomic E-state index is 15.1. The normalized spacial score (nSPS) is 13.0. The van der Waals surface area contributed by atoms with Crippen LogP contribution in [0, 0.1) is 17.5 Å². The SMILES string of the molecule is COC(=O)CCCCOc1ccc(C[C@@](NC(=O)c2ccc(F)c(C(F)(F)F)c2)(c2ccc(F)cc2)c2cc(F)cc(OC(F)(F)C(F)F)c2)cc1. The van der Waals surface area contributed by atoms with E-state index >= 15 is 4.39 Å². The molecule has 278 valence electrons. The van der Waals surface area contributed by atoms with Crippen molar-refractivity contribution in [3.8, 4) is 11.5 Å². The van der Waals surface area contributed by atoms with Gasteiger partial charge in [0.1, 0.15) is 29.0 Å². The summed E-state index contributed by atoms with van der Waals surface area (Å²) in [6.45, 7) is 0.207. The van der Waals surface area contributed by atoms with Gasteiger partial charge in [0.25, 0.3) is 5.91 Å². The van der Waals surface area contributed by atoms with Gasteiger partial charge in [0.15, 0.2) is 0 Å². The van der Waals surface area contributed by atoms with Crippen LogP contribution < -0.4 is 14.8 Å². The Morgan fingerprint density at radius 1 is 0.750 bits per heavy atom. The molecule has 6 nitrogen and oxygen atoms in total. The predicted molar refractivity (Wildman–Crippen MR) is 166 cm³/mol. The van der Waals surface area contributed by atoms with E-state index in [1.165, 1.54) is 31.4 Å². The number of hydrogen-bond acceptors (Lipinski definition) is 5. The lowest BCUT2D eigenvalue weighted by molar-refractivity contribution is -0.253. The number of benzene rings is 4. The molecule has 0 spiro atoms. The van der Waals surface area contributed by atoms with Gasteiger partial charge >= 0.3 is 24.7 Å². The van der Waals surface area contributed by atoms with Crippen molar-refractivity contribution in [3.63, 3.8) is 0 Å². The molecular weight excluding hydrogens is 716 g/mol. The van der Waals surface area contributed by atoms with E-state index < -0.39 is 76.5 Å². The van der Waals surface area contributed by atoms with E-state index in [1.807, 2.05) is 0 Å². The van der Waals surface area contributed by atoms with E-state index in [9.17, 15) is 49.1 Å². The minimum atomic E-state index is -5.22. The van der Waals surface area contributed by atoms with Crippen LogP contribution in [0.1, 0.15) is 51.9 Å². The molecule has 0 heterocycles. The van der Waals surface area contributed by atoms with Crippen LogP contribution in [0.4, 0.5) is 43.9 Å². The van der Waals surface area contributed by atoms with Gasteiger partial charge in [-0.3, -0.25) is 9.59 Å². The first kappa shape index (κ1) is 39.5. The van der Waals surface area contributed by atoms with Crippen molar-refractivity contribution in [3.05, 3.63) is 130 Å². The van der Waals surface area contributed by atoms with Crippen LogP contribution in [0.25, 0.3) is 0 Å². The Morgan fingerprint density at radius 3 is 2.04 bits per heavy atom. The highest BCUT2D eigenvalue weighted by molar-refractivity contribution is 5.95. The number of esters is 1. The van der Waals surface area contributed by atoms with Crippen molar-refractivity contribution < 1.29 is 67.7 Å². The third-order valence-electron chi connectivity index (χ3n) is 7.73. The third kappa shape index (κ3) is 9.94. The first-order valence-corrected chi connectivity index (χ1v) is 15.3. The molecule has 4 rings (SSSR count). The molecule has 52 heavy (non-hydrogen) atoms. The van der Waals surface area contributed by atoms with Crippen molar-refractivity contribution in [2.24, 2.45) is 0 Å². The second kappa shape index (κ2) is 16.4. The van der Waals surface area contributed by atoms with E-state index in [0.29, 0.717) is 42.4 Å². The fraction of sp³-hybridized carbons (Fsp3) is 0.278. The highest BCUT2D eigenvalue weighted by Crippen LogP contribution is 2.39. The van der Waals surface area contributed by atoms with Crippen LogP contribution in [-0.4, -0.2) is 38.1 Å². The van der Waals surface area contributed by atoms with Crippen LogP contribution in [0.5, 0.6) is 11.5 Å². The van der Waals surface area contributed by atoms with E-state index in [4.69, 9.17) is 4.74 Å². The van der Waals surface area contributed by atoms with E-state index in [0.717, 1.165) is 36.4 Å². The minimum absolute atomic E-state index is 0.0662. The first-order chi connectivity index (χ1) is 24.4. The lowest BCUT2D eigenvalue weighted by Gasteiger charge is -2.37. The quantitative estimate of drug-likeness (QED) is 0.0748. The van der Waals surface area contributed by atoms with E-state index in [2.05, 4.69) is 14.8 Å². The average molecular weight is 746 g/mol. The molecule has 0 radical (unpaired) electrons. The molecule has 0 aliphatic heterocycles. The third-order valence-corrected chi connectivity index (χ3v) is 7.73. The van der Waals surface area contributed by atoms with Gasteiger partial charge < -0.3 is 19.5 Å². The number of carbonyl (C=O) groups is 2. The van der Waals surface area contributed by atoms with Crippen LogP contribution in [0.3, 0.4) is 0 Å². The lowest BCUT2D eigenvalue weighted by Crippen LogP contribution is -2.49. The molecular formula is C36H29F10NO5. The number of amides is 1. The highest BCUT2D eigenvalue weighted by atomic mass is 19.4. The fourth-order valence-corrected chi connectivity index (χ4v) is 5.19. The Bertz CT molecular complexity index is 1850. The summed E-state index contributed by atoms with van der Waals surface area (Å²) in [7, 11) is 1.26. The summed E-state index contributed by atoms with van der Waals surface area (Å²) >= 11 is 0. The maximum Gasteiger partial charge on any atom is 0.461 e. The topological polar surface area (TPSA) is 73.9 Å². The second-order valence-electron chi connectivity index (χ2n) is 11.4. The molecule has 1 N–H and O–H groups in total. The first-order valence-electron chi connectivity index (χ1n) is 15.3. The van der Waals surface area contributed by atoms with Gasteiger partial charge in [0, 0.05) is 24.5 Å². The number of halogens is 10. The number of alkyl halides is 7. The summed E-state index contributed by atoms with van der Waals surface area (Å²) in [6.07, 6.45) is -13.9. The zero-order valence-corrected chi connectivity index (χ0v) is 27.0. The molecule has 16 heteroatoms. The molecule has 0 bridgehead atoms. The molecule has 0 saturated heterocycles. The number of carbonyl (C=O) groups excluding carboxylic acids is 2. The van der Waals surface area contributed by atoms with Gasteiger partial charge in [0.2, 0.25) is 0 Å². The summed E-state index contributed by atoms with van der Waals surface area (Å²) in [5.41, 5.74) is -4.88. The summed E-state index contributed by atoms with van der Waals surface area (Å²) < 4.78 is 152. The van der Waals surface area contributed by atoms with E-state index in [-0.39, 0.29) is 30.6 Å². The van der Waals surface area contributed by atoms with Crippen molar-refractivity contribution in [2.45, 2.75) is 49.9 Å². The molecule has 1 atom stereocenters. The molecule has 1 amide bonds. The number of ether oxygens (including phenoxy) is 3. The average Bonchev–Trinajstić information content (AvgIpc) is 3.07. The molecule has 0 saturated carbocycles. The van der Waals surface area contributed by atoms with Gasteiger partial charge in [-0.05, 0) is 84.1 Å². The maximum absolute atomic E-state index is 15.1. The van der Waals surface area contributed by atoms with Crippen LogP contribution in [0.15, 0.2) is 84.9 Å². The molecule has 4 aromatic carbocycles. The smallest absolute Gasteiger partial charge is 0.461 e. The van der Waals surface area contributed by atoms with Crippen molar-refractivity contribution >= 4 is 11.9 Å². The van der Waals surface area contributed by atoms with Gasteiger partial charge in [-0.25, -0.2) is 13.2 Å². The van der Waals surface area contributed by atoms with Crippen LogP contribution in [-0.2, 0) is 27.7 Å². The lowest BCUT2D eigenvalue weighted by atomic mass is 9.77. The number of unbranched alkanes of at least 4 members (excludes halogenated alkanes) is 1. The number of hydrogen-bond donors (Lipinski definition) is 1. The zero-order chi connectivity index (χ0) is 38.3. The summed E-state index contributed by atoms with van der Waals surface area (Å²) in [5, 5.41) is 2.48. The predicted octanol–water partition coefficient (Wildman–Crippen LogP) is 9.00. The van der Waals surface area contributed by atoms with E-state index in [1.54, 1.807) is 0 Å². The Hall–Kier alpha value is -5.28. The largest absolute Gasteiger partial charge is 0.494 e. The zero-order valence-electron chi connectivity index (χ0n) is 27.0. The minimum Gasteiger partial charge on any atom is -0.494 e. The van der Waals surface area contributed by atoms with Crippen molar-refractivity contribution in [1.29, 1.82) is 0 Å². The summed E-state index contributed by atoms with van der Waals surface area (Å²) in [4.78, 5) is 25.1. The standard InChI is InChI=1S/C36H29F10NO5/c1-50-31(48)4-2-3-15-51-27-12-5-21(6-13-27)20-34(23-8-10-25(37)11-9-23,24-17-26(38)19-28(18-24)52-36(45,46)33(40)41)47-32(49)22-7-14-30(39)29(16-22)35(42,43)44/h5-14,16-19,33H,2-4,15,20H2,1H3,(H,47,49)/t34-/m1/s1. The van der Waals surface area contributed by atoms with Crippen LogP contribution in [0.2, 0.25) is 0 Å². The summed E-state index contributed by atoms with van der Waals surface area (Å²) in [6, 6.07) is 13.2. The Morgan fingerprint density at radius 2 is 1.42 bits per heavy atom. The van der Waals surface area contributed by atoms with Crippen LogP contribution >= 0.6 is 0 Å². The monoisotopic (exact) mass is 745 g/mol. The molecule has 0 fully saturated rings. The highest BCUT2D eigenvalue weighted by Gasteiger charge is 2.45. The Labute approximate surface area is 290 Å². The van der Waals surface area contributed by atoms with Crippen molar-refractivity contribution in [2.75, 3.05) is 13.7 Å². The van der Waals surface area contributed by atoms with Crippen molar-refractivity contribution in [1.82, 2.24) is 5.32 Å². The molecule has 0 aromatic heterocycles. The Kier molecular flexibility index (Phi) is 12.4.